The van der Waals surface area contributed by atoms with Crippen molar-refractivity contribution in [3.05, 3.63) is 28.8 Å². The van der Waals surface area contributed by atoms with Crippen LogP contribution in [0.25, 0.3) is 0 Å². The number of amides is 2. The largest absolute Gasteiger partial charge is 0.492 e. The highest BCUT2D eigenvalue weighted by Crippen LogP contribution is 2.42. The average molecular weight is 447 g/mol. The summed E-state index contributed by atoms with van der Waals surface area (Å²) in [7, 11) is 0. The lowest BCUT2D eigenvalue weighted by Crippen LogP contribution is -2.58. The summed E-state index contributed by atoms with van der Waals surface area (Å²) < 4.78 is 48.7. The van der Waals surface area contributed by atoms with E-state index in [-0.39, 0.29) is 34.1 Å². The van der Waals surface area contributed by atoms with E-state index < -0.39 is 17.8 Å². The van der Waals surface area contributed by atoms with E-state index in [2.05, 4.69) is 5.32 Å². The molecule has 4 rings (SSSR count). The lowest BCUT2D eigenvalue weighted by Gasteiger charge is -2.44. The maximum Gasteiger partial charge on any atom is 0.416 e. The summed E-state index contributed by atoms with van der Waals surface area (Å²) in [5, 5.41) is 2.72. The molecule has 0 bridgehead atoms. The van der Waals surface area contributed by atoms with E-state index in [4.69, 9.17) is 21.1 Å². The molecule has 1 aliphatic carbocycles. The van der Waals surface area contributed by atoms with Crippen LogP contribution in [-0.2, 0) is 15.7 Å². The minimum absolute atomic E-state index is 0.0701. The van der Waals surface area contributed by atoms with Crippen molar-refractivity contribution in [3.8, 4) is 5.75 Å². The first-order valence-electron chi connectivity index (χ1n) is 9.88. The lowest BCUT2D eigenvalue weighted by molar-refractivity contribution is -0.142. The number of alkyl carbamates (subject to hydrolysis) is 1. The highest BCUT2D eigenvalue weighted by Gasteiger charge is 2.53. The Balaban J connectivity index is 1.22. The molecule has 164 valence electrons. The van der Waals surface area contributed by atoms with E-state index in [0.29, 0.717) is 39.1 Å². The summed E-state index contributed by atoms with van der Waals surface area (Å²) >= 11 is 5.92. The molecule has 1 N–H and O–H groups in total. The number of halogens is 4. The van der Waals surface area contributed by atoms with E-state index >= 15 is 0 Å². The molecule has 6 nitrogen and oxygen atoms in total. The number of carbonyl (C=O) groups is 2. The zero-order valence-corrected chi connectivity index (χ0v) is 16.9. The van der Waals surface area contributed by atoms with E-state index in [9.17, 15) is 22.8 Å². The number of nitrogens with one attached hydrogen (secondary N) is 1. The number of carbonyl (C=O) groups excluding carboxylic acids is 2. The minimum atomic E-state index is -4.45. The molecule has 0 atom stereocenters. The topological polar surface area (TPSA) is 67.9 Å². The first-order chi connectivity index (χ1) is 14.2. The van der Waals surface area contributed by atoms with Gasteiger partial charge >= 0.3 is 12.3 Å². The maximum atomic E-state index is 12.7. The summed E-state index contributed by atoms with van der Waals surface area (Å²) in [5.41, 5.74) is -1.18. The first kappa shape index (κ1) is 21.1. The van der Waals surface area contributed by atoms with Crippen LogP contribution in [0.2, 0.25) is 5.02 Å². The Morgan fingerprint density at radius 2 is 2.00 bits per heavy atom. The molecule has 2 saturated heterocycles. The molecule has 1 saturated carbocycles. The van der Waals surface area contributed by atoms with Gasteiger partial charge in [0.05, 0.1) is 22.7 Å². The Bertz CT molecular complexity index is 834. The van der Waals surface area contributed by atoms with Gasteiger partial charge in [0, 0.05) is 19.0 Å². The van der Waals surface area contributed by atoms with E-state index in [1.165, 1.54) is 6.07 Å². The Morgan fingerprint density at radius 1 is 1.30 bits per heavy atom. The number of nitrogens with zero attached hydrogens (tertiary/aromatic N) is 1. The van der Waals surface area contributed by atoms with Gasteiger partial charge in [-0.2, -0.15) is 13.2 Å². The average Bonchev–Trinajstić information content (AvgIpc) is 3.07. The number of alkyl halides is 3. The predicted octanol–water partition coefficient (Wildman–Crippen LogP) is 3.86. The van der Waals surface area contributed by atoms with E-state index in [1.807, 2.05) is 4.90 Å². The van der Waals surface area contributed by atoms with Crippen LogP contribution < -0.4 is 10.1 Å². The van der Waals surface area contributed by atoms with Crippen LogP contribution in [0.5, 0.6) is 5.75 Å². The Labute approximate surface area is 176 Å². The number of rotatable bonds is 4. The molecule has 1 aromatic carbocycles. The van der Waals surface area contributed by atoms with Gasteiger partial charge in [0.15, 0.2) is 0 Å². The van der Waals surface area contributed by atoms with Crippen molar-refractivity contribution >= 4 is 23.6 Å². The number of benzene rings is 1. The Kier molecular flexibility index (Phi) is 5.50. The van der Waals surface area contributed by atoms with E-state index in [0.717, 1.165) is 25.0 Å². The molecule has 10 heteroatoms. The molecule has 0 unspecified atom stereocenters. The third kappa shape index (κ3) is 4.31. The summed E-state index contributed by atoms with van der Waals surface area (Å²) in [4.78, 5) is 25.7. The summed E-state index contributed by atoms with van der Waals surface area (Å²) in [6.45, 7) is 1.88. The SMILES string of the molecule is O=C1N[C@]2(CO1)C[C@H](C(=O)N1CCC(COc3ccc(C(F)(F)F)cc3Cl)CC1)C2. The maximum absolute atomic E-state index is 12.7. The molecular formula is C20H22ClF3N2O4. The molecule has 1 spiro atoms. The van der Waals surface area contributed by atoms with Crippen molar-refractivity contribution in [2.24, 2.45) is 11.8 Å². The van der Waals surface area contributed by atoms with Crippen LogP contribution in [0.1, 0.15) is 31.2 Å². The normalized spacial score (nSPS) is 26.9. The highest BCUT2D eigenvalue weighted by atomic mass is 35.5. The Morgan fingerprint density at radius 3 is 2.57 bits per heavy atom. The van der Waals surface area contributed by atoms with Crippen LogP contribution in [-0.4, -0.2) is 48.7 Å². The number of likely N-dealkylation sites (tertiary alicyclic amines) is 1. The van der Waals surface area contributed by atoms with E-state index in [1.54, 1.807) is 0 Å². The number of piperidine rings is 1. The quantitative estimate of drug-likeness (QED) is 0.762. The molecule has 30 heavy (non-hydrogen) atoms. The molecule has 2 amide bonds. The molecule has 0 radical (unpaired) electrons. The van der Waals surface area contributed by atoms with Crippen molar-refractivity contribution in [1.82, 2.24) is 10.2 Å². The number of hydrogen-bond donors (Lipinski definition) is 1. The second-order valence-electron chi connectivity index (χ2n) is 8.31. The highest BCUT2D eigenvalue weighted by molar-refractivity contribution is 6.32. The summed E-state index contributed by atoms with van der Waals surface area (Å²) in [5.74, 6) is 0.434. The van der Waals surface area contributed by atoms with Gasteiger partial charge in [0.1, 0.15) is 12.4 Å². The molecule has 0 aromatic heterocycles. The van der Waals surface area contributed by atoms with Crippen molar-refractivity contribution in [2.45, 2.75) is 37.4 Å². The van der Waals surface area contributed by atoms with Gasteiger partial charge in [-0.15, -0.1) is 0 Å². The third-order valence-electron chi connectivity index (χ3n) is 6.13. The van der Waals surface area contributed by atoms with Gasteiger partial charge in [0.25, 0.3) is 0 Å². The second kappa shape index (κ2) is 7.83. The van der Waals surface area contributed by atoms with Crippen LogP contribution in [0.3, 0.4) is 0 Å². The number of hydrogen-bond acceptors (Lipinski definition) is 4. The van der Waals surface area contributed by atoms with Gasteiger partial charge in [-0.05, 0) is 49.8 Å². The van der Waals surface area contributed by atoms with Crippen molar-refractivity contribution in [1.29, 1.82) is 0 Å². The number of cyclic esters (lactones) is 1. The first-order valence-corrected chi connectivity index (χ1v) is 10.3. The molecule has 3 aliphatic rings. The molecule has 3 fully saturated rings. The van der Waals surface area contributed by atoms with Crippen LogP contribution in [0.4, 0.5) is 18.0 Å². The molecule has 1 aromatic rings. The van der Waals surface area contributed by atoms with Crippen molar-refractivity contribution in [2.75, 3.05) is 26.3 Å². The van der Waals surface area contributed by atoms with Crippen LogP contribution >= 0.6 is 11.6 Å². The fourth-order valence-corrected chi connectivity index (χ4v) is 4.59. The second-order valence-corrected chi connectivity index (χ2v) is 8.72. The fraction of sp³-hybridized carbons (Fsp3) is 0.600. The fourth-order valence-electron chi connectivity index (χ4n) is 4.35. The lowest BCUT2D eigenvalue weighted by atomic mass is 9.68. The molecule has 2 heterocycles. The van der Waals surface area contributed by atoms with Gasteiger partial charge in [-0.1, -0.05) is 11.6 Å². The predicted molar refractivity (Wildman–Crippen MR) is 101 cm³/mol. The van der Waals surface area contributed by atoms with Gasteiger partial charge in [-0.25, -0.2) is 4.79 Å². The molecule has 2 aliphatic heterocycles. The smallest absolute Gasteiger partial charge is 0.416 e. The third-order valence-corrected chi connectivity index (χ3v) is 6.43. The monoisotopic (exact) mass is 446 g/mol. The zero-order valence-electron chi connectivity index (χ0n) is 16.1. The zero-order chi connectivity index (χ0) is 21.5. The number of ether oxygens (including phenoxy) is 2. The van der Waals surface area contributed by atoms with Gasteiger partial charge in [0.2, 0.25) is 5.91 Å². The molecular weight excluding hydrogens is 425 g/mol. The summed E-state index contributed by atoms with van der Waals surface area (Å²) in [6, 6.07) is 3.05. The Hall–Kier alpha value is -2.16. The van der Waals surface area contributed by atoms with Crippen LogP contribution in [0, 0.1) is 11.8 Å². The van der Waals surface area contributed by atoms with Gasteiger partial charge < -0.3 is 19.7 Å². The standard InChI is InChI=1S/C20H22ClF3N2O4/c21-15-7-14(20(22,23)24)1-2-16(15)29-10-12-3-5-26(6-4-12)17(27)13-8-19(9-13)11-30-18(28)25-19/h1-2,7,12-13H,3-6,8-11H2,(H,25,28)/t13-,19+. The van der Waals surface area contributed by atoms with Gasteiger partial charge in [-0.3, -0.25) is 4.79 Å². The van der Waals surface area contributed by atoms with Crippen LogP contribution in [0.15, 0.2) is 18.2 Å². The minimum Gasteiger partial charge on any atom is -0.492 e. The van der Waals surface area contributed by atoms with Crippen molar-refractivity contribution < 1.29 is 32.2 Å². The summed E-state index contributed by atoms with van der Waals surface area (Å²) in [6.07, 6.45) is -2.16. The van der Waals surface area contributed by atoms with Crippen molar-refractivity contribution in [3.63, 3.8) is 0 Å².